The highest BCUT2D eigenvalue weighted by Gasteiger charge is 2.45. The molecule has 1 aliphatic heterocycles. The van der Waals surface area contributed by atoms with E-state index in [0.717, 1.165) is 19.4 Å². The number of halogens is 3. The molecule has 2 aromatic rings. The van der Waals surface area contributed by atoms with Crippen molar-refractivity contribution in [3.8, 4) is 5.69 Å². The first kappa shape index (κ1) is 22.3. The number of hydrogen-bond acceptors (Lipinski definition) is 5. The average Bonchev–Trinajstić information content (AvgIpc) is 3.07. The number of piperidine rings is 1. The summed E-state index contributed by atoms with van der Waals surface area (Å²) in [6.45, 7) is 5.29. The molecule has 32 heavy (non-hydrogen) atoms. The van der Waals surface area contributed by atoms with Gasteiger partial charge in [-0.3, -0.25) is 9.59 Å². The lowest BCUT2D eigenvalue weighted by atomic mass is 9.75. The van der Waals surface area contributed by atoms with Crippen molar-refractivity contribution in [2.45, 2.75) is 51.7 Å². The van der Waals surface area contributed by atoms with Crippen LogP contribution in [0.2, 0.25) is 0 Å². The highest BCUT2D eigenvalue weighted by atomic mass is 19.4. The maximum atomic E-state index is 13.7. The summed E-state index contributed by atoms with van der Waals surface area (Å²) in [5.74, 6) is -1.20. The molecule has 0 bridgehead atoms. The number of nitrogens with two attached hydrogens (primary N) is 1. The van der Waals surface area contributed by atoms with E-state index in [4.69, 9.17) is 5.73 Å². The first-order valence-electron chi connectivity index (χ1n) is 10.6. The average molecular weight is 449 g/mol. The monoisotopic (exact) mass is 449 g/mol. The molecule has 1 saturated heterocycles. The van der Waals surface area contributed by atoms with Crippen molar-refractivity contribution < 1.29 is 22.8 Å². The fourth-order valence-corrected chi connectivity index (χ4v) is 4.55. The molecule has 10 heteroatoms. The predicted octanol–water partition coefficient (Wildman–Crippen LogP) is 3.31. The Morgan fingerprint density at radius 2 is 2.06 bits per heavy atom. The standard InChI is InChI=1S/C22H26F3N5O2/c1-21(2)9-16-18(17(31)10-21)19(22(23,24)25)29-30(16)13-5-6-14(20(26)32)15(8-13)28-12-4-3-7-27-11-12/h5-6,8,12,27-28H,3-4,7,9-11H2,1-2H3,(H2,26,32). The molecule has 1 fully saturated rings. The van der Waals surface area contributed by atoms with Gasteiger partial charge in [0.1, 0.15) is 0 Å². The van der Waals surface area contributed by atoms with Crippen molar-refractivity contribution in [3.63, 3.8) is 0 Å². The van der Waals surface area contributed by atoms with Crippen LogP contribution in [0.3, 0.4) is 0 Å². The molecule has 1 aromatic heterocycles. The van der Waals surface area contributed by atoms with Crippen molar-refractivity contribution in [3.05, 3.63) is 40.7 Å². The number of amides is 1. The Labute approximate surface area is 183 Å². The molecule has 1 aliphatic carbocycles. The van der Waals surface area contributed by atoms with E-state index in [2.05, 4.69) is 15.7 Å². The van der Waals surface area contributed by atoms with E-state index in [0.29, 0.717) is 17.9 Å². The van der Waals surface area contributed by atoms with Gasteiger partial charge in [0.05, 0.1) is 22.5 Å². The van der Waals surface area contributed by atoms with Crippen LogP contribution < -0.4 is 16.4 Å². The van der Waals surface area contributed by atoms with Gasteiger partial charge in [-0.15, -0.1) is 0 Å². The van der Waals surface area contributed by atoms with Crippen LogP contribution in [0.15, 0.2) is 18.2 Å². The number of alkyl halides is 3. The number of primary amides is 1. The lowest BCUT2D eigenvalue weighted by molar-refractivity contribution is -0.141. The van der Waals surface area contributed by atoms with E-state index in [9.17, 15) is 22.8 Å². The molecular formula is C22H26F3N5O2. The summed E-state index contributed by atoms with van der Waals surface area (Å²) in [6, 6.07) is 4.61. The minimum atomic E-state index is -4.76. The fourth-order valence-electron chi connectivity index (χ4n) is 4.55. The maximum Gasteiger partial charge on any atom is 0.435 e. The van der Waals surface area contributed by atoms with E-state index in [1.165, 1.54) is 16.8 Å². The maximum absolute atomic E-state index is 13.7. The Balaban J connectivity index is 1.83. The molecule has 172 valence electrons. The van der Waals surface area contributed by atoms with E-state index >= 15 is 0 Å². The largest absolute Gasteiger partial charge is 0.435 e. The van der Waals surface area contributed by atoms with E-state index in [1.807, 2.05) is 13.8 Å². The molecule has 0 saturated carbocycles. The molecule has 1 amide bonds. The Morgan fingerprint density at radius 3 is 2.69 bits per heavy atom. The number of aromatic nitrogens is 2. The number of rotatable bonds is 4. The second kappa shape index (κ2) is 7.91. The van der Waals surface area contributed by atoms with Gasteiger partial charge >= 0.3 is 6.18 Å². The molecule has 4 rings (SSSR count). The van der Waals surface area contributed by atoms with Crippen LogP contribution in [0.1, 0.15) is 65.2 Å². The van der Waals surface area contributed by atoms with E-state index < -0.39 is 29.0 Å². The van der Waals surface area contributed by atoms with Gasteiger partial charge < -0.3 is 16.4 Å². The highest BCUT2D eigenvalue weighted by molar-refractivity contribution is 6.00. The number of benzene rings is 1. The molecule has 0 radical (unpaired) electrons. The summed E-state index contributed by atoms with van der Waals surface area (Å²) in [5, 5.41) is 10.4. The second-order valence-corrected chi connectivity index (χ2v) is 9.30. The molecule has 7 nitrogen and oxygen atoms in total. The summed E-state index contributed by atoms with van der Waals surface area (Å²) in [6.07, 6.45) is -2.62. The van der Waals surface area contributed by atoms with Crippen molar-refractivity contribution in [1.82, 2.24) is 15.1 Å². The Kier molecular flexibility index (Phi) is 5.52. The second-order valence-electron chi connectivity index (χ2n) is 9.30. The van der Waals surface area contributed by atoms with Crippen molar-refractivity contribution >= 4 is 17.4 Å². The Hall–Kier alpha value is -2.88. The number of carbonyl (C=O) groups excluding carboxylic acids is 2. The SMILES string of the molecule is CC1(C)CC(=O)c2c(C(F)(F)F)nn(-c3ccc(C(N)=O)c(NC4CCCNC4)c3)c2C1. The zero-order valence-electron chi connectivity index (χ0n) is 18.0. The number of nitrogens with one attached hydrogen (secondary N) is 2. The van der Waals surface area contributed by atoms with Gasteiger partial charge in [0.15, 0.2) is 11.5 Å². The minimum Gasteiger partial charge on any atom is -0.380 e. The van der Waals surface area contributed by atoms with Crippen LogP contribution in [0.4, 0.5) is 18.9 Å². The van der Waals surface area contributed by atoms with Gasteiger partial charge in [-0.1, -0.05) is 13.8 Å². The molecule has 1 aromatic carbocycles. The van der Waals surface area contributed by atoms with E-state index in [-0.39, 0.29) is 35.7 Å². The zero-order valence-corrected chi connectivity index (χ0v) is 18.0. The predicted molar refractivity (Wildman–Crippen MR) is 113 cm³/mol. The smallest absolute Gasteiger partial charge is 0.380 e. The first-order valence-corrected chi connectivity index (χ1v) is 10.6. The van der Waals surface area contributed by atoms with E-state index in [1.54, 1.807) is 6.07 Å². The summed E-state index contributed by atoms with van der Waals surface area (Å²) in [7, 11) is 0. The highest BCUT2D eigenvalue weighted by Crippen LogP contribution is 2.42. The molecular weight excluding hydrogens is 423 g/mol. The lowest BCUT2D eigenvalue weighted by Crippen LogP contribution is -2.38. The van der Waals surface area contributed by atoms with Gasteiger partial charge in [0.25, 0.3) is 5.91 Å². The number of fused-ring (bicyclic) bond motifs is 1. The molecule has 2 aliphatic rings. The third-order valence-corrected chi connectivity index (χ3v) is 5.98. The van der Waals surface area contributed by atoms with Crippen LogP contribution in [0.5, 0.6) is 0 Å². The van der Waals surface area contributed by atoms with Gasteiger partial charge in [0, 0.05) is 24.7 Å². The van der Waals surface area contributed by atoms with Crippen molar-refractivity contribution in [1.29, 1.82) is 0 Å². The number of ketones is 1. The topological polar surface area (TPSA) is 102 Å². The molecule has 0 spiro atoms. The fraction of sp³-hybridized carbons (Fsp3) is 0.500. The number of Topliss-reactive ketones (excluding diaryl/α,β-unsaturated/α-hetero) is 1. The molecule has 2 heterocycles. The van der Waals surface area contributed by atoms with Gasteiger partial charge in [-0.2, -0.15) is 18.3 Å². The van der Waals surface area contributed by atoms with Gasteiger partial charge in [-0.25, -0.2) is 4.68 Å². The Bertz CT molecular complexity index is 1070. The van der Waals surface area contributed by atoms with Crippen LogP contribution in [0.25, 0.3) is 5.69 Å². The number of hydrogen-bond donors (Lipinski definition) is 3. The van der Waals surface area contributed by atoms with Crippen molar-refractivity contribution in [2.75, 3.05) is 18.4 Å². The number of nitrogens with zero attached hydrogens (tertiary/aromatic N) is 2. The van der Waals surface area contributed by atoms with Crippen LogP contribution in [-0.4, -0.2) is 40.6 Å². The molecule has 4 N–H and O–H groups in total. The number of carbonyl (C=O) groups is 2. The third-order valence-electron chi connectivity index (χ3n) is 5.98. The third kappa shape index (κ3) is 4.23. The minimum absolute atomic E-state index is 0.0247. The zero-order chi connectivity index (χ0) is 23.3. The lowest BCUT2D eigenvalue weighted by Gasteiger charge is -2.29. The molecule has 1 atom stereocenters. The normalized spacial score (nSPS) is 20.7. The summed E-state index contributed by atoms with van der Waals surface area (Å²) in [4.78, 5) is 24.6. The summed E-state index contributed by atoms with van der Waals surface area (Å²) < 4.78 is 42.3. The van der Waals surface area contributed by atoms with Crippen LogP contribution in [-0.2, 0) is 12.6 Å². The summed E-state index contributed by atoms with van der Waals surface area (Å²) >= 11 is 0. The van der Waals surface area contributed by atoms with Crippen LogP contribution >= 0.6 is 0 Å². The van der Waals surface area contributed by atoms with Gasteiger partial charge in [0.2, 0.25) is 0 Å². The molecule has 1 unspecified atom stereocenters. The number of anilines is 1. The first-order chi connectivity index (χ1) is 15.0. The summed E-state index contributed by atoms with van der Waals surface area (Å²) in [5.41, 5.74) is 4.74. The Morgan fingerprint density at radius 1 is 1.31 bits per heavy atom. The van der Waals surface area contributed by atoms with Crippen LogP contribution in [0, 0.1) is 5.41 Å². The quantitative estimate of drug-likeness (QED) is 0.665. The van der Waals surface area contributed by atoms with Gasteiger partial charge in [-0.05, 0) is 49.4 Å². The van der Waals surface area contributed by atoms with Crippen molar-refractivity contribution in [2.24, 2.45) is 11.1 Å².